The molecule has 0 saturated heterocycles. The van der Waals surface area contributed by atoms with Crippen LogP contribution < -0.4 is 16.8 Å². The van der Waals surface area contributed by atoms with Crippen molar-refractivity contribution in [1.82, 2.24) is 0 Å². The van der Waals surface area contributed by atoms with E-state index in [9.17, 15) is 9.59 Å². The SMILES string of the molecule is CC(C)C[C@H](N)C(=O)Nc1ccccc1SCC(N)=O. The van der Waals surface area contributed by atoms with E-state index >= 15 is 0 Å². The van der Waals surface area contributed by atoms with Crippen LogP contribution >= 0.6 is 11.8 Å². The quantitative estimate of drug-likeness (QED) is 0.665. The Morgan fingerprint density at radius 1 is 1.30 bits per heavy atom. The van der Waals surface area contributed by atoms with Crippen LogP contribution in [0.3, 0.4) is 0 Å². The molecule has 1 aromatic carbocycles. The summed E-state index contributed by atoms with van der Waals surface area (Å²) in [5.74, 6) is -0.0843. The van der Waals surface area contributed by atoms with Crippen LogP contribution in [-0.4, -0.2) is 23.6 Å². The number of carbonyl (C=O) groups is 2. The highest BCUT2D eigenvalue weighted by atomic mass is 32.2. The third-order valence-electron chi connectivity index (χ3n) is 2.58. The summed E-state index contributed by atoms with van der Waals surface area (Å²) in [4.78, 5) is 23.6. The Balaban J connectivity index is 2.71. The Hall–Kier alpha value is -1.53. The Labute approximate surface area is 123 Å². The fourth-order valence-electron chi connectivity index (χ4n) is 1.68. The lowest BCUT2D eigenvalue weighted by atomic mass is 10.0. The molecule has 0 radical (unpaired) electrons. The van der Waals surface area contributed by atoms with Gasteiger partial charge in [0.2, 0.25) is 11.8 Å². The van der Waals surface area contributed by atoms with Crippen LogP contribution in [0.25, 0.3) is 0 Å². The largest absolute Gasteiger partial charge is 0.369 e. The summed E-state index contributed by atoms with van der Waals surface area (Å²) in [5.41, 5.74) is 11.6. The first-order valence-corrected chi connectivity index (χ1v) is 7.45. The van der Waals surface area contributed by atoms with Crippen LogP contribution in [0.1, 0.15) is 20.3 Å². The average Bonchev–Trinajstić information content (AvgIpc) is 2.36. The standard InChI is InChI=1S/C14H21N3O2S/c1-9(2)7-10(15)14(19)17-11-5-3-4-6-12(11)20-8-13(16)18/h3-6,9-10H,7-8,15H2,1-2H3,(H2,16,18)(H,17,19)/t10-/m0/s1. The number of carbonyl (C=O) groups excluding carboxylic acids is 2. The second-order valence-electron chi connectivity index (χ2n) is 4.98. The van der Waals surface area contributed by atoms with E-state index in [0.29, 0.717) is 18.0 Å². The van der Waals surface area contributed by atoms with E-state index in [1.54, 1.807) is 6.07 Å². The van der Waals surface area contributed by atoms with Crippen molar-refractivity contribution in [2.24, 2.45) is 17.4 Å². The first kappa shape index (κ1) is 16.5. The molecule has 110 valence electrons. The van der Waals surface area contributed by atoms with Gasteiger partial charge in [0.25, 0.3) is 0 Å². The summed E-state index contributed by atoms with van der Waals surface area (Å²) in [5, 5.41) is 2.80. The molecule has 0 unspecified atom stereocenters. The van der Waals surface area contributed by atoms with Crippen molar-refractivity contribution in [3.8, 4) is 0 Å². The monoisotopic (exact) mass is 295 g/mol. The number of para-hydroxylation sites is 1. The van der Waals surface area contributed by atoms with Gasteiger partial charge in [-0.25, -0.2) is 0 Å². The average molecular weight is 295 g/mol. The lowest BCUT2D eigenvalue weighted by Gasteiger charge is -2.15. The highest BCUT2D eigenvalue weighted by Crippen LogP contribution is 2.26. The van der Waals surface area contributed by atoms with Gasteiger partial charge < -0.3 is 16.8 Å². The summed E-state index contributed by atoms with van der Waals surface area (Å²) in [7, 11) is 0. The van der Waals surface area contributed by atoms with E-state index in [2.05, 4.69) is 5.32 Å². The van der Waals surface area contributed by atoms with Crippen LogP contribution in [0.2, 0.25) is 0 Å². The predicted molar refractivity (Wildman–Crippen MR) is 82.4 cm³/mol. The number of thioether (sulfide) groups is 1. The fraction of sp³-hybridized carbons (Fsp3) is 0.429. The second-order valence-corrected chi connectivity index (χ2v) is 5.99. The number of hydrogen-bond donors (Lipinski definition) is 3. The smallest absolute Gasteiger partial charge is 0.241 e. The molecule has 1 rings (SSSR count). The highest BCUT2D eigenvalue weighted by molar-refractivity contribution is 8.00. The highest BCUT2D eigenvalue weighted by Gasteiger charge is 2.16. The molecule has 5 N–H and O–H groups in total. The summed E-state index contributed by atoms with van der Waals surface area (Å²) in [6, 6.07) is 6.73. The van der Waals surface area contributed by atoms with Crippen molar-refractivity contribution < 1.29 is 9.59 Å². The van der Waals surface area contributed by atoms with Crippen LogP contribution in [0.4, 0.5) is 5.69 Å². The molecule has 1 aromatic rings. The van der Waals surface area contributed by atoms with Gasteiger partial charge >= 0.3 is 0 Å². The Bertz CT molecular complexity index is 477. The number of rotatable bonds is 7. The fourth-order valence-corrected chi connectivity index (χ4v) is 2.43. The van der Waals surface area contributed by atoms with Gasteiger partial charge in [-0.2, -0.15) is 0 Å². The minimum absolute atomic E-state index is 0.172. The van der Waals surface area contributed by atoms with E-state index < -0.39 is 11.9 Å². The molecule has 2 amide bonds. The van der Waals surface area contributed by atoms with Gasteiger partial charge in [-0.05, 0) is 24.5 Å². The molecule has 0 saturated carbocycles. The lowest BCUT2D eigenvalue weighted by molar-refractivity contribution is -0.118. The van der Waals surface area contributed by atoms with Gasteiger partial charge in [-0.1, -0.05) is 26.0 Å². The molecule has 0 aromatic heterocycles. The van der Waals surface area contributed by atoms with Crippen molar-refractivity contribution in [3.63, 3.8) is 0 Å². The minimum Gasteiger partial charge on any atom is -0.369 e. The normalized spacial score (nSPS) is 12.2. The first-order chi connectivity index (χ1) is 9.40. The van der Waals surface area contributed by atoms with Crippen molar-refractivity contribution in [2.75, 3.05) is 11.1 Å². The first-order valence-electron chi connectivity index (χ1n) is 6.46. The van der Waals surface area contributed by atoms with Crippen molar-refractivity contribution in [2.45, 2.75) is 31.2 Å². The molecule has 0 aliphatic heterocycles. The van der Waals surface area contributed by atoms with Crippen LogP contribution in [0, 0.1) is 5.92 Å². The minimum atomic E-state index is -0.538. The molecule has 6 heteroatoms. The van der Waals surface area contributed by atoms with E-state index in [1.807, 2.05) is 32.0 Å². The maximum atomic E-state index is 12.0. The molecule has 0 aliphatic carbocycles. The topological polar surface area (TPSA) is 98.2 Å². The molecule has 0 heterocycles. The van der Waals surface area contributed by atoms with Gasteiger partial charge in [0, 0.05) is 4.90 Å². The Morgan fingerprint density at radius 3 is 2.55 bits per heavy atom. The molecular weight excluding hydrogens is 274 g/mol. The van der Waals surface area contributed by atoms with Crippen molar-refractivity contribution in [1.29, 1.82) is 0 Å². The molecule has 20 heavy (non-hydrogen) atoms. The number of nitrogens with one attached hydrogen (secondary N) is 1. The number of nitrogens with two attached hydrogens (primary N) is 2. The molecule has 0 aliphatic rings. The maximum absolute atomic E-state index is 12.0. The summed E-state index contributed by atoms with van der Waals surface area (Å²) >= 11 is 1.29. The predicted octanol–water partition coefficient (Wildman–Crippen LogP) is 1.58. The van der Waals surface area contributed by atoms with Crippen LogP contribution in [0.15, 0.2) is 29.2 Å². The Morgan fingerprint density at radius 2 is 1.95 bits per heavy atom. The van der Waals surface area contributed by atoms with Gasteiger partial charge in [0.15, 0.2) is 0 Å². The molecule has 0 bridgehead atoms. The lowest BCUT2D eigenvalue weighted by Crippen LogP contribution is -2.36. The van der Waals surface area contributed by atoms with E-state index in [-0.39, 0.29) is 11.7 Å². The maximum Gasteiger partial charge on any atom is 0.241 e. The Kier molecular flexibility index (Phi) is 6.54. The zero-order valence-electron chi connectivity index (χ0n) is 11.8. The number of anilines is 1. The van der Waals surface area contributed by atoms with Gasteiger partial charge in [0.1, 0.15) is 0 Å². The zero-order chi connectivity index (χ0) is 15.1. The second kappa shape index (κ2) is 7.91. The molecule has 0 fully saturated rings. The van der Waals surface area contributed by atoms with E-state index in [0.717, 1.165) is 4.90 Å². The van der Waals surface area contributed by atoms with Gasteiger partial charge in [-0.15, -0.1) is 11.8 Å². The molecule has 0 spiro atoms. The number of amides is 2. The van der Waals surface area contributed by atoms with Crippen molar-refractivity contribution in [3.05, 3.63) is 24.3 Å². The number of primary amides is 1. The van der Waals surface area contributed by atoms with Gasteiger partial charge in [-0.3, -0.25) is 9.59 Å². The zero-order valence-corrected chi connectivity index (χ0v) is 12.6. The van der Waals surface area contributed by atoms with E-state index in [1.165, 1.54) is 11.8 Å². The van der Waals surface area contributed by atoms with Crippen LogP contribution in [-0.2, 0) is 9.59 Å². The summed E-state index contributed by atoms with van der Waals surface area (Å²) in [6.45, 7) is 4.04. The third kappa shape index (κ3) is 5.63. The summed E-state index contributed by atoms with van der Waals surface area (Å²) in [6.07, 6.45) is 0.627. The summed E-state index contributed by atoms with van der Waals surface area (Å²) < 4.78 is 0. The molecular formula is C14H21N3O2S. The number of hydrogen-bond acceptors (Lipinski definition) is 4. The molecule has 1 atom stereocenters. The molecule has 5 nitrogen and oxygen atoms in total. The van der Waals surface area contributed by atoms with E-state index in [4.69, 9.17) is 11.5 Å². The van der Waals surface area contributed by atoms with Gasteiger partial charge in [0.05, 0.1) is 17.5 Å². The van der Waals surface area contributed by atoms with Crippen LogP contribution in [0.5, 0.6) is 0 Å². The van der Waals surface area contributed by atoms with Crippen molar-refractivity contribution >= 4 is 29.3 Å². The third-order valence-corrected chi connectivity index (χ3v) is 3.67. The number of benzene rings is 1.